The molecule has 0 aliphatic heterocycles. The zero-order chi connectivity index (χ0) is 13.9. The fraction of sp³-hybridized carbons (Fsp3) is 0.0714. The zero-order valence-electron chi connectivity index (χ0n) is 10.7. The van der Waals surface area contributed by atoms with Crippen molar-refractivity contribution in [3.05, 3.63) is 42.4 Å². The summed E-state index contributed by atoms with van der Waals surface area (Å²) in [5.41, 5.74) is 1.62. The Balaban J connectivity index is 1.97. The minimum absolute atomic E-state index is 0.454. The van der Waals surface area contributed by atoms with Gasteiger partial charge in [-0.05, 0) is 19.1 Å². The zero-order valence-corrected chi connectivity index (χ0v) is 10.7. The van der Waals surface area contributed by atoms with Gasteiger partial charge < -0.3 is 9.73 Å². The molecule has 2 N–H and O–H groups in total. The number of anilines is 3. The highest BCUT2D eigenvalue weighted by Crippen LogP contribution is 2.28. The van der Waals surface area contributed by atoms with E-state index in [2.05, 4.69) is 20.6 Å². The Labute approximate surface area is 115 Å². The lowest BCUT2D eigenvalue weighted by molar-refractivity contribution is 0.617. The number of nitriles is 1. The average Bonchev–Trinajstić information content (AvgIpc) is 2.82. The first kappa shape index (κ1) is 12.0. The van der Waals surface area contributed by atoms with Gasteiger partial charge in [-0.1, -0.05) is 12.1 Å². The van der Waals surface area contributed by atoms with Gasteiger partial charge in [-0.15, -0.1) is 0 Å². The summed E-state index contributed by atoms with van der Waals surface area (Å²) in [6, 6.07) is 9.38. The van der Waals surface area contributed by atoms with Crippen LogP contribution in [-0.2, 0) is 0 Å². The van der Waals surface area contributed by atoms with E-state index in [1.54, 1.807) is 19.3 Å². The fourth-order valence-corrected chi connectivity index (χ4v) is 1.97. The van der Waals surface area contributed by atoms with Crippen LogP contribution in [0.3, 0.4) is 0 Å². The van der Waals surface area contributed by atoms with Crippen molar-refractivity contribution in [3.8, 4) is 6.19 Å². The van der Waals surface area contributed by atoms with E-state index in [1.165, 1.54) is 0 Å². The number of rotatable bonds is 3. The SMILES string of the molecule is Cc1nc(NC#N)cc(Nc2coc3ccccc23)n1. The van der Waals surface area contributed by atoms with E-state index in [-0.39, 0.29) is 0 Å². The Kier molecular flexibility index (Phi) is 2.94. The van der Waals surface area contributed by atoms with E-state index >= 15 is 0 Å². The molecular weight excluding hydrogens is 254 g/mol. The summed E-state index contributed by atoms with van der Waals surface area (Å²) in [7, 11) is 0. The lowest BCUT2D eigenvalue weighted by atomic mass is 10.2. The average molecular weight is 265 g/mol. The second kappa shape index (κ2) is 4.90. The van der Waals surface area contributed by atoms with Crippen LogP contribution in [-0.4, -0.2) is 9.97 Å². The molecule has 0 atom stereocenters. The van der Waals surface area contributed by atoms with Crippen molar-refractivity contribution in [1.82, 2.24) is 9.97 Å². The van der Waals surface area contributed by atoms with Crippen LogP contribution in [0.15, 0.2) is 41.0 Å². The topological polar surface area (TPSA) is 86.8 Å². The number of benzene rings is 1. The molecule has 3 aromatic rings. The number of nitrogens with zero attached hydrogens (tertiary/aromatic N) is 3. The highest BCUT2D eigenvalue weighted by Gasteiger charge is 2.07. The summed E-state index contributed by atoms with van der Waals surface area (Å²) >= 11 is 0. The number of aryl methyl sites for hydroxylation is 1. The van der Waals surface area contributed by atoms with E-state index < -0.39 is 0 Å². The smallest absolute Gasteiger partial charge is 0.182 e. The summed E-state index contributed by atoms with van der Waals surface area (Å²) in [4.78, 5) is 8.39. The van der Waals surface area contributed by atoms with E-state index in [0.29, 0.717) is 17.5 Å². The van der Waals surface area contributed by atoms with Gasteiger partial charge in [-0.25, -0.2) is 9.97 Å². The molecule has 0 bridgehead atoms. The van der Waals surface area contributed by atoms with Gasteiger partial charge in [0.05, 0.1) is 5.69 Å². The number of aromatic nitrogens is 2. The van der Waals surface area contributed by atoms with Crippen molar-refractivity contribution in [2.45, 2.75) is 6.92 Å². The van der Waals surface area contributed by atoms with Gasteiger partial charge in [0.1, 0.15) is 29.3 Å². The molecule has 0 saturated heterocycles. The standard InChI is InChI=1S/C14H11N5O/c1-9-17-13(16-8-15)6-14(18-9)19-11-7-20-12-5-3-2-4-10(11)12/h2-7H,1H3,(H2,16,17,18,19). The normalized spacial score (nSPS) is 10.2. The van der Waals surface area contributed by atoms with E-state index in [0.717, 1.165) is 16.7 Å². The summed E-state index contributed by atoms with van der Waals surface area (Å²) in [6.07, 6.45) is 3.48. The molecule has 1 aromatic carbocycles. The predicted octanol–water partition coefficient (Wildman–Crippen LogP) is 3.17. The molecule has 0 aliphatic carbocycles. The quantitative estimate of drug-likeness (QED) is 0.558. The van der Waals surface area contributed by atoms with E-state index in [4.69, 9.17) is 9.68 Å². The predicted molar refractivity (Wildman–Crippen MR) is 75.5 cm³/mol. The maximum absolute atomic E-state index is 8.64. The van der Waals surface area contributed by atoms with Gasteiger partial charge in [-0.3, -0.25) is 5.32 Å². The Hall–Kier alpha value is -3.07. The van der Waals surface area contributed by atoms with Crippen LogP contribution in [0.25, 0.3) is 11.0 Å². The third kappa shape index (κ3) is 2.24. The van der Waals surface area contributed by atoms with Gasteiger partial charge in [0, 0.05) is 11.5 Å². The molecule has 2 aromatic heterocycles. The molecule has 0 radical (unpaired) electrons. The molecule has 0 saturated carbocycles. The minimum Gasteiger partial charge on any atom is -0.462 e. The largest absolute Gasteiger partial charge is 0.462 e. The Morgan fingerprint density at radius 2 is 2.00 bits per heavy atom. The maximum Gasteiger partial charge on any atom is 0.182 e. The van der Waals surface area contributed by atoms with Crippen molar-refractivity contribution in [1.29, 1.82) is 5.26 Å². The molecule has 3 rings (SSSR count). The van der Waals surface area contributed by atoms with Crippen molar-refractivity contribution in [3.63, 3.8) is 0 Å². The fourth-order valence-electron chi connectivity index (χ4n) is 1.97. The van der Waals surface area contributed by atoms with Crippen molar-refractivity contribution in [2.24, 2.45) is 0 Å². The minimum atomic E-state index is 0.454. The lowest BCUT2D eigenvalue weighted by Crippen LogP contribution is -2.00. The number of fused-ring (bicyclic) bond motifs is 1. The molecule has 0 spiro atoms. The highest BCUT2D eigenvalue weighted by molar-refractivity contribution is 5.92. The molecule has 0 aliphatic rings. The number of para-hydroxylation sites is 1. The summed E-state index contributed by atoms with van der Waals surface area (Å²) < 4.78 is 5.46. The van der Waals surface area contributed by atoms with Gasteiger partial charge in [-0.2, -0.15) is 5.26 Å². The number of hydrogen-bond donors (Lipinski definition) is 2. The van der Waals surface area contributed by atoms with Crippen LogP contribution in [0.5, 0.6) is 0 Å². The summed E-state index contributed by atoms with van der Waals surface area (Å²) in [6.45, 7) is 1.77. The molecular formula is C14H11N5O. The van der Waals surface area contributed by atoms with E-state index in [1.807, 2.05) is 30.5 Å². The van der Waals surface area contributed by atoms with Gasteiger partial charge in [0.15, 0.2) is 6.19 Å². The first-order chi connectivity index (χ1) is 9.76. The van der Waals surface area contributed by atoms with Crippen LogP contribution < -0.4 is 10.6 Å². The Bertz CT molecular complexity index is 803. The van der Waals surface area contributed by atoms with Crippen LogP contribution in [0.2, 0.25) is 0 Å². The Morgan fingerprint density at radius 3 is 2.85 bits per heavy atom. The molecule has 0 fully saturated rings. The van der Waals surface area contributed by atoms with Gasteiger partial charge in [0.2, 0.25) is 0 Å². The van der Waals surface area contributed by atoms with Crippen LogP contribution >= 0.6 is 0 Å². The number of nitrogens with one attached hydrogen (secondary N) is 2. The summed E-state index contributed by atoms with van der Waals surface area (Å²) in [5.74, 6) is 1.62. The first-order valence-electron chi connectivity index (χ1n) is 6.00. The first-order valence-corrected chi connectivity index (χ1v) is 6.00. The van der Waals surface area contributed by atoms with Gasteiger partial charge in [0.25, 0.3) is 0 Å². The number of hydrogen-bond acceptors (Lipinski definition) is 6. The molecule has 6 nitrogen and oxygen atoms in total. The molecule has 0 amide bonds. The third-order valence-electron chi connectivity index (χ3n) is 2.77. The van der Waals surface area contributed by atoms with Crippen LogP contribution in [0.1, 0.15) is 5.82 Å². The van der Waals surface area contributed by atoms with Gasteiger partial charge >= 0.3 is 0 Å². The lowest BCUT2D eigenvalue weighted by Gasteiger charge is -2.06. The van der Waals surface area contributed by atoms with Crippen molar-refractivity contribution in [2.75, 3.05) is 10.6 Å². The maximum atomic E-state index is 8.64. The molecule has 98 valence electrons. The number of furan rings is 1. The van der Waals surface area contributed by atoms with Crippen molar-refractivity contribution < 1.29 is 4.42 Å². The molecule has 6 heteroatoms. The summed E-state index contributed by atoms with van der Waals surface area (Å²) in [5, 5.41) is 15.3. The third-order valence-corrected chi connectivity index (χ3v) is 2.77. The van der Waals surface area contributed by atoms with Crippen molar-refractivity contribution >= 4 is 28.3 Å². The molecule has 20 heavy (non-hydrogen) atoms. The van der Waals surface area contributed by atoms with E-state index in [9.17, 15) is 0 Å². The second-order valence-corrected chi connectivity index (χ2v) is 4.19. The van der Waals surface area contributed by atoms with Crippen LogP contribution in [0, 0.1) is 18.4 Å². The van der Waals surface area contributed by atoms with Crippen LogP contribution in [0.4, 0.5) is 17.3 Å². The second-order valence-electron chi connectivity index (χ2n) is 4.19. The highest BCUT2D eigenvalue weighted by atomic mass is 16.3. The molecule has 0 unspecified atom stereocenters. The molecule has 2 heterocycles. The Morgan fingerprint density at radius 1 is 1.20 bits per heavy atom. The monoisotopic (exact) mass is 265 g/mol.